The molecule has 0 aliphatic rings. The van der Waals surface area contributed by atoms with Crippen LogP contribution >= 0.6 is 23.8 Å². The molecule has 4 aromatic rings. The number of halogens is 1. The van der Waals surface area contributed by atoms with Gasteiger partial charge >= 0.3 is 0 Å². The van der Waals surface area contributed by atoms with E-state index in [1.54, 1.807) is 0 Å². The fourth-order valence-electron chi connectivity index (χ4n) is 3.55. The van der Waals surface area contributed by atoms with Crippen molar-refractivity contribution in [1.82, 2.24) is 9.78 Å². The quantitative estimate of drug-likeness (QED) is 0.290. The number of aromatic nitrogens is 2. The predicted molar refractivity (Wildman–Crippen MR) is 140 cm³/mol. The molecule has 5 nitrogen and oxygen atoms in total. The van der Waals surface area contributed by atoms with Gasteiger partial charge in [-0.15, -0.1) is 0 Å². The van der Waals surface area contributed by atoms with Crippen molar-refractivity contribution in [2.75, 3.05) is 10.6 Å². The van der Waals surface area contributed by atoms with Crippen LogP contribution < -0.4 is 15.4 Å². The molecule has 7 heteroatoms. The number of nitrogens with one attached hydrogen (secondary N) is 2. The first-order valence-electron chi connectivity index (χ1n) is 10.6. The molecule has 0 atom stereocenters. The van der Waals surface area contributed by atoms with Crippen molar-refractivity contribution in [3.8, 4) is 11.5 Å². The Labute approximate surface area is 204 Å². The van der Waals surface area contributed by atoms with Crippen molar-refractivity contribution in [2.24, 2.45) is 0 Å². The third-order valence-corrected chi connectivity index (χ3v) is 5.96. The number of hydrogen-bond acceptors (Lipinski definition) is 3. The minimum atomic E-state index is 0.490. The molecule has 0 amide bonds. The van der Waals surface area contributed by atoms with Gasteiger partial charge in [0, 0.05) is 10.7 Å². The van der Waals surface area contributed by atoms with E-state index in [0.717, 1.165) is 45.4 Å². The van der Waals surface area contributed by atoms with E-state index in [4.69, 9.17) is 33.7 Å². The van der Waals surface area contributed by atoms with Gasteiger partial charge in [0.05, 0.1) is 23.6 Å². The van der Waals surface area contributed by atoms with Gasteiger partial charge in [-0.05, 0) is 80.5 Å². The van der Waals surface area contributed by atoms with Crippen molar-refractivity contribution >= 4 is 40.3 Å². The Kier molecular flexibility index (Phi) is 6.96. The SMILES string of the molecule is Cc1nn(Cc2cccc(Oc3ccccc3)c2)c(C)c1NC(=S)Nc1cccc(Cl)c1C. The predicted octanol–water partition coefficient (Wildman–Crippen LogP) is 7.11. The van der Waals surface area contributed by atoms with Gasteiger partial charge < -0.3 is 15.4 Å². The van der Waals surface area contributed by atoms with E-state index < -0.39 is 0 Å². The van der Waals surface area contributed by atoms with E-state index in [9.17, 15) is 0 Å². The Morgan fingerprint density at radius 1 is 0.939 bits per heavy atom. The van der Waals surface area contributed by atoms with Crippen molar-refractivity contribution in [3.63, 3.8) is 0 Å². The molecule has 0 aliphatic heterocycles. The van der Waals surface area contributed by atoms with Crippen LogP contribution in [0.15, 0.2) is 72.8 Å². The van der Waals surface area contributed by atoms with E-state index in [-0.39, 0.29) is 0 Å². The zero-order chi connectivity index (χ0) is 23.4. The number of hydrogen-bond donors (Lipinski definition) is 2. The van der Waals surface area contributed by atoms with Gasteiger partial charge in [0.15, 0.2) is 5.11 Å². The summed E-state index contributed by atoms with van der Waals surface area (Å²) in [5.41, 5.74) is 5.67. The first kappa shape index (κ1) is 22.8. The van der Waals surface area contributed by atoms with Crippen molar-refractivity contribution in [3.05, 3.63) is 100 Å². The van der Waals surface area contributed by atoms with Crippen LogP contribution in [0.5, 0.6) is 11.5 Å². The van der Waals surface area contributed by atoms with Crippen LogP contribution in [0.1, 0.15) is 22.5 Å². The Balaban J connectivity index is 1.47. The Morgan fingerprint density at radius 3 is 2.45 bits per heavy atom. The monoisotopic (exact) mass is 476 g/mol. The van der Waals surface area contributed by atoms with Gasteiger partial charge in [0.25, 0.3) is 0 Å². The fraction of sp³-hybridized carbons (Fsp3) is 0.154. The normalized spacial score (nSPS) is 10.7. The summed E-state index contributed by atoms with van der Waals surface area (Å²) in [6.45, 7) is 6.57. The minimum Gasteiger partial charge on any atom is -0.457 e. The maximum absolute atomic E-state index is 6.22. The summed E-state index contributed by atoms with van der Waals surface area (Å²) in [6.07, 6.45) is 0. The molecule has 0 saturated heterocycles. The van der Waals surface area contributed by atoms with Crippen molar-refractivity contribution in [1.29, 1.82) is 0 Å². The number of para-hydroxylation sites is 1. The summed E-state index contributed by atoms with van der Waals surface area (Å²) in [7, 11) is 0. The lowest BCUT2D eigenvalue weighted by atomic mass is 10.2. The molecule has 0 spiro atoms. The largest absolute Gasteiger partial charge is 0.457 e. The van der Waals surface area contributed by atoms with Gasteiger partial charge in [-0.25, -0.2) is 0 Å². The summed E-state index contributed by atoms with van der Waals surface area (Å²) in [5.74, 6) is 1.60. The molecule has 0 radical (unpaired) electrons. The van der Waals surface area contributed by atoms with E-state index in [2.05, 4.69) is 16.7 Å². The number of nitrogens with zero attached hydrogens (tertiary/aromatic N) is 2. The minimum absolute atomic E-state index is 0.490. The molecule has 2 N–H and O–H groups in total. The third kappa shape index (κ3) is 5.53. The average molecular weight is 477 g/mol. The summed E-state index contributed by atoms with van der Waals surface area (Å²) >= 11 is 11.8. The summed E-state index contributed by atoms with van der Waals surface area (Å²) in [5, 5.41) is 12.4. The second-order valence-electron chi connectivity index (χ2n) is 7.76. The lowest BCUT2D eigenvalue weighted by Gasteiger charge is -2.14. The highest BCUT2D eigenvalue weighted by Crippen LogP contribution is 2.26. The molecule has 3 aromatic carbocycles. The second-order valence-corrected chi connectivity index (χ2v) is 8.57. The summed E-state index contributed by atoms with van der Waals surface area (Å²) in [6, 6.07) is 23.5. The highest BCUT2D eigenvalue weighted by molar-refractivity contribution is 7.80. The highest BCUT2D eigenvalue weighted by atomic mass is 35.5. The molecule has 1 heterocycles. The number of thiocarbonyl (C=S) groups is 1. The van der Waals surface area contributed by atoms with Crippen molar-refractivity contribution in [2.45, 2.75) is 27.3 Å². The molecule has 168 valence electrons. The smallest absolute Gasteiger partial charge is 0.175 e. The maximum Gasteiger partial charge on any atom is 0.175 e. The summed E-state index contributed by atoms with van der Waals surface area (Å²) in [4.78, 5) is 0. The number of anilines is 2. The lowest BCUT2D eigenvalue weighted by Crippen LogP contribution is -2.20. The fourth-order valence-corrected chi connectivity index (χ4v) is 3.93. The van der Waals surface area contributed by atoms with Gasteiger partial charge in [-0.1, -0.05) is 48.0 Å². The van der Waals surface area contributed by atoms with Crippen LogP contribution in [0.3, 0.4) is 0 Å². The van der Waals surface area contributed by atoms with Gasteiger partial charge in [0.2, 0.25) is 0 Å². The van der Waals surface area contributed by atoms with Gasteiger partial charge in [0.1, 0.15) is 11.5 Å². The van der Waals surface area contributed by atoms with Crippen LogP contribution in [0.25, 0.3) is 0 Å². The number of rotatable bonds is 6. The van der Waals surface area contributed by atoms with E-state index in [1.807, 2.05) is 92.2 Å². The molecule has 1 aromatic heterocycles. The molecule has 33 heavy (non-hydrogen) atoms. The third-order valence-electron chi connectivity index (χ3n) is 5.35. The zero-order valence-electron chi connectivity index (χ0n) is 18.7. The van der Waals surface area contributed by atoms with Crippen molar-refractivity contribution < 1.29 is 4.74 Å². The zero-order valence-corrected chi connectivity index (χ0v) is 20.3. The standard InChI is InChI=1S/C26H25ClN4OS/c1-17-23(27)13-8-14-24(17)28-26(33)29-25-18(2)30-31(19(25)3)16-20-9-7-12-22(15-20)32-21-10-5-4-6-11-21/h4-15H,16H2,1-3H3,(H2,28,29,33). The van der Waals surface area contributed by atoms with E-state index >= 15 is 0 Å². The van der Waals surface area contributed by atoms with Crippen LogP contribution in [0.2, 0.25) is 5.02 Å². The second kappa shape index (κ2) is 10.1. The number of aryl methyl sites for hydroxylation is 1. The van der Waals surface area contributed by atoms with Gasteiger partial charge in [-0.2, -0.15) is 5.10 Å². The first-order valence-corrected chi connectivity index (χ1v) is 11.4. The Hall–Kier alpha value is -3.35. The van der Waals surface area contributed by atoms with Gasteiger partial charge in [-0.3, -0.25) is 4.68 Å². The molecule has 0 unspecified atom stereocenters. The van der Waals surface area contributed by atoms with E-state index in [1.165, 1.54) is 0 Å². The lowest BCUT2D eigenvalue weighted by molar-refractivity contribution is 0.481. The van der Waals surface area contributed by atoms with Crippen LogP contribution in [-0.2, 0) is 6.54 Å². The van der Waals surface area contributed by atoms with Crippen LogP contribution in [0, 0.1) is 20.8 Å². The Morgan fingerprint density at radius 2 is 1.67 bits per heavy atom. The molecular formula is C26H25ClN4OS. The Bertz CT molecular complexity index is 1290. The highest BCUT2D eigenvalue weighted by Gasteiger charge is 2.14. The molecule has 0 saturated carbocycles. The van der Waals surface area contributed by atoms with Crippen LogP contribution in [-0.4, -0.2) is 14.9 Å². The molecular weight excluding hydrogens is 452 g/mol. The maximum atomic E-state index is 6.22. The molecule has 0 fully saturated rings. The molecule has 0 aliphatic carbocycles. The average Bonchev–Trinajstić information content (AvgIpc) is 3.05. The molecule has 4 rings (SSSR count). The molecule has 0 bridgehead atoms. The van der Waals surface area contributed by atoms with E-state index in [0.29, 0.717) is 16.7 Å². The first-order chi connectivity index (χ1) is 15.9. The topological polar surface area (TPSA) is 51.1 Å². The number of benzene rings is 3. The number of ether oxygens (including phenoxy) is 1. The summed E-state index contributed by atoms with van der Waals surface area (Å²) < 4.78 is 7.93. The van der Waals surface area contributed by atoms with Crippen LogP contribution in [0.4, 0.5) is 11.4 Å².